The van der Waals surface area contributed by atoms with Gasteiger partial charge in [-0.15, -0.1) is 0 Å². The molecule has 1 aromatic heterocycles. The van der Waals surface area contributed by atoms with Crippen LogP contribution in [0.25, 0.3) is 11.0 Å². The Bertz CT molecular complexity index is 847. The molecule has 0 aliphatic carbocycles. The molecule has 1 atom stereocenters. The Morgan fingerprint density at radius 1 is 1.19 bits per heavy atom. The molecule has 3 heterocycles. The second kappa shape index (κ2) is 6.68. The number of hydrogen-bond acceptors (Lipinski definition) is 4. The Kier molecular flexibility index (Phi) is 4.33. The fourth-order valence-corrected chi connectivity index (χ4v) is 4.05. The van der Waals surface area contributed by atoms with Gasteiger partial charge in [-0.1, -0.05) is 12.1 Å². The monoisotopic (exact) mass is 369 g/mol. The van der Waals surface area contributed by atoms with Crippen LogP contribution < -0.4 is 10.6 Å². The van der Waals surface area contributed by atoms with E-state index in [9.17, 15) is 14.4 Å². The van der Waals surface area contributed by atoms with E-state index in [4.69, 9.17) is 0 Å². The maximum absolute atomic E-state index is 12.6. The molecule has 3 N–H and O–H groups in total. The van der Waals surface area contributed by atoms with Gasteiger partial charge in [0.1, 0.15) is 5.82 Å². The third-order valence-electron chi connectivity index (χ3n) is 5.62. The zero-order chi connectivity index (χ0) is 19.0. The summed E-state index contributed by atoms with van der Waals surface area (Å²) in [6.45, 7) is 2.98. The second-order valence-corrected chi connectivity index (χ2v) is 7.62. The molecule has 4 amide bonds. The van der Waals surface area contributed by atoms with Gasteiger partial charge in [0.2, 0.25) is 11.8 Å². The molecular formula is C19H23N5O3. The molecule has 0 radical (unpaired) electrons. The van der Waals surface area contributed by atoms with Gasteiger partial charge in [-0.05, 0) is 37.3 Å². The number of benzene rings is 1. The van der Waals surface area contributed by atoms with E-state index in [1.54, 1.807) is 4.90 Å². The third-order valence-corrected chi connectivity index (χ3v) is 5.62. The lowest BCUT2D eigenvalue weighted by molar-refractivity contribution is -0.139. The van der Waals surface area contributed by atoms with Gasteiger partial charge < -0.3 is 15.2 Å². The number of rotatable bonds is 2. The molecule has 0 saturated carbocycles. The number of aromatic nitrogens is 2. The first kappa shape index (κ1) is 17.5. The van der Waals surface area contributed by atoms with E-state index in [-0.39, 0.29) is 29.3 Å². The highest BCUT2D eigenvalue weighted by molar-refractivity contribution is 5.98. The Morgan fingerprint density at radius 2 is 1.85 bits per heavy atom. The minimum absolute atomic E-state index is 0.149. The van der Waals surface area contributed by atoms with Crippen molar-refractivity contribution in [1.29, 1.82) is 0 Å². The summed E-state index contributed by atoms with van der Waals surface area (Å²) < 4.78 is 0. The van der Waals surface area contributed by atoms with Gasteiger partial charge in [0.15, 0.2) is 0 Å². The number of para-hydroxylation sites is 2. The van der Waals surface area contributed by atoms with Crippen LogP contribution in [-0.2, 0) is 9.59 Å². The summed E-state index contributed by atoms with van der Waals surface area (Å²) in [4.78, 5) is 45.5. The number of imidazole rings is 1. The molecule has 2 saturated heterocycles. The molecule has 1 aromatic carbocycles. The molecule has 1 spiro atoms. The molecule has 2 fully saturated rings. The van der Waals surface area contributed by atoms with Crippen LogP contribution in [0.15, 0.2) is 24.3 Å². The number of imide groups is 1. The molecule has 8 heteroatoms. The van der Waals surface area contributed by atoms with Crippen molar-refractivity contribution in [2.45, 2.75) is 38.6 Å². The van der Waals surface area contributed by atoms with Crippen LogP contribution in [0.2, 0.25) is 0 Å². The summed E-state index contributed by atoms with van der Waals surface area (Å²) in [5.74, 6) is 0.304. The first-order chi connectivity index (χ1) is 12.9. The van der Waals surface area contributed by atoms with E-state index < -0.39 is 0 Å². The van der Waals surface area contributed by atoms with E-state index in [0.29, 0.717) is 44.6 Å². The minimum Gasteiger partial charge on any atom is -0.340 e. The number of nitrogens with one attached hydrogen (secondary N) is 3. The quantitative estimate of drug-likeness (QED) is 0.702. The van der Waals surface area contributed by atoms with Crippen molar-refractivity contribution in [3.63, 3.8) is 0 Å². The Labute approximate surface area is 156 Å². The predicted molar refractivity (Wildman–Crippen MR) is 98.7 cm³/mol. The molecular weight excluding hydrogens is 346 g/mol. The number of fused-ring (bicyclic) bond motifs is 1. The standard InChI is InChI=1S/C19H23N5O3/c1-12(17-21-13-4-2-3-5-14(13)22-17)20-18(27)24-8-6-19(7-9-24)10-15(25)23-16(26)11-19/h2-5,12H,6-11H2,1H3,(H,20,27)(H,21,22)(H,23,25,26)/t12-/m1/s1. The molecule has 0 unspecified atom stereocenters. The maximum atomic E-state index is 12.6. The fourth-order valence-electron chi connectivity index (χ4n) is 4.05. The maximum Gasteiger partial charge on any atom is 0.317 e. The molecule has 142 valence electrons. The van der Waals surface area contributed by atoms with E-state index >= 15 is 0 Å². The summed E-state index contributed by atoms with van der Waals surface area (Å²) in [6, 6.07) is 7.35. The van der Waals surface area contributed by atoms with Crippen LogP contribution in [0, 0.1) is 5.41 Å². The van der Waals surface area contributed by atoms with Crippen LogP contribution in [0.5, 0.6) is 0 Å². The average Bonchev–Trinajstić information content (AvgIpc) is 3.05. The van der Waals surface area contributed by atoms with Crippen molar-refractivity contribution >= 4 is 28.9 Å². The van der Waals surface area contributed by atoms with Gasteiger partial charge in [0.05, 0.1) is 17.1 Å². The van der Waals surface area contributed by atoms with E-state index in [2.05, 4.69) is 20.6 Å². The summed E-state index contributed by atoms with van der Waals surface area (Å²) in [5, 5.41) is 5.34. The van der Waals surface area contributed by atoms with Crippen LogP contribution >= 0.6 is 0 Å². The largest absolute Gasteiger partial charge is 0.340 e. The summed E-state index contributed by atoms with van der Waals surface area (Å²) >= 11 is 0. The highest BCUT2D eigenvalue weighted by atomic mass is 16.2. The van der Waals surface area contributed by atoms with Gasteiger partial charge in [-0.25, -0.2) is 9.78 Å². The van der Waals surface area contributed by atoms with Gasteiger partial charge >= 0.3 is 6.03 Å². The molecule has 2 aliphatic rings. The van der Waals surface area contributed by atoms with Crippen molar-refractivity contribution in [2.24, 2.45) is 5.41 Å². The van der Waals surface area contributed by atoms with Gasteiger partial charge in [-0.2, -0.15) is 0 Å². The van der Waals surface area contributed by atoms with E-state index in [0.717, 1.165) is 11.0 Å². The average molecular weight is 369 g/mol. The lowest BCUT2D eigenvalue weighted by atomic mass is 9.71. The number of amides is 4. The number of piperidine rings is 2. The van der Waals surface area contributed by atoms with Gasteiger partial charge in [0, 0.05) is 25.9 Å². The highest BCUT2D eigenvalue weighted by Gasteiger charge is 2.42. The molecule has 8 nitrogen and oxygen atoms in total. The van der Waals surface area contributed by atoms with Gasteiger partial charge in [0.25, 0.3) is 0 Å². The molecule has 2 aromatic rings. The van der Waals surface area contributed by atoms with Crippen molar-refractivity contribution in [3.05, 3.63) is 30.1 Å². The van der Waals surface area contributed by atoms with Crippen LogP contribution in [0.3, 0.4) is 0 Å². The number of H-pyrrole nitrogens is 1. The van der Waals surface area contributed by atoms with Crippen molar-refractivity contribution in [2.75, 3.05) is 13.1 Å². The van der Waals surface area contributed by atoms with Crippen molar-refractivity contribution in [3.8, 4) is 0 Å². The first-order valence-electron chi connectivity index (χ1n) is 9.27. The molecule has 0 bridgehead atoms. The van der Waals surface area contributed by atoms with E-state index in [1.165, 1.54) is 0 Å². The minimum atomic E-state index is -0.291. The fraction of sp³-hybridized carbons (Fsp3) is 0.474. The number of carbonyl (C=O) groups is 3. The number of nitrogens with zero attached hydrogens (tertiary/aromatic N) is 2. The number of urea groups is 1. The van der Waals surface area contributed by atoms with E-state index in [1.807, 2.05) is 31.2 Å². The Morgan fingerprint density at radius 3 is 2.52 bits per heavy atom. The number of aromatic amines is 1. The zero-order valence-corrected chi connectivity index (χ0v) is 15.2. The first-order valence-corrected chi connectivity index (χ1v) is 9.27. The van der Waals surface area contributed by atoms with Crippen LogP contribution in [0.4, 0.5) is 4.79 Å². The lowest BCUT2D eigenvalue weighted by Gasteiger charge is -2.43. The second-order valence-electron chi connectivity index (χ2n) is 7.62. The Balaban J connectivity index is 1.36. The zero-order valence-electron chi connectivity index (χ0n) is 15.2. The topological polar surface area (TPSA) is 107 Å². The highest BCUT2D eigenvalue weighted by Crippen LogP contribution is 2.40. The van der Waals surface area contributed by atoms with Crippen LogP contribution in [0.1, 0.15) is 44.5 Å². The predicted octanol–water partition coefficient (Wildman–Crippen LogP) is 1.85. The number of carbonyl (C=O) groups excluding carboxylic acids is 3. The third kappa shape index (κ3) is 3.51. The number of likely N-dealkylation sites (tertiary alicyclic amines) is 1. The van der Waals surface area contributed by atoms with Crippen LogP contribution in [-0.4, -0.2) is 45.8 Å². The SMILES string of the molecule is C[C@@H](NC(=O)N1CCC2(CC1)CC(=O)NC(=O)C2)c1nc2ccccc2[nH]1. The smallest absolute Gasteiger partial charge is 0.317 e. The Hall–Kier alpha value is -2.90. The van der Waals surface area contributed by atoms with Gasteiger partial charge in [-0.3, -0.25) is 14.9 Å². The number of hydrogen-bond donors (Lipinski definition) is 3. The molecule has 4 rings (SSSR count). The van der Waals surface area contributed by atoms with Crippen molar-refractivity contribution < 1.29 is 14.4 Å². The molecule has 2 aliphatic heterocycles. The normalized spacial score (nSPS) is 20.6. The summed E-state index contributed by atoms with van der Waals surface area (Å²) in [6.07, 6.45) is 2.06. The molecule has 27 heavy (non-hydrogen) atoms. The summed E-state index contributed by atoms with van der Waals surface area (Å²) in [7, 11) is 0. The van der Waals surface area contributed by atoms with Crippen molar-refractivity contribution in [1.82, 2.24) is 25.5 Å². The summed E-state index contributed by atoms with van der Waals surface area (Å²) in [5.41, 5.74) is 1.52. The lowest BCUT2D eigenvalue weighted by Crippen LogP contribution is -2.52.